The van der Waals surface area contributed by atoms with Gasteiger partial charge in [-0.2, -0.15) is 0 Å². The van der Waals surface area contributed by atoms with Crippen molar-refractivity contribution >= 4 is 24.1 Å². The summed E-state index contributed by atoms with van der Waals surface area (Å²) >= 11 is 0. The van der Waals surface area contributed by atoms with Crippen molar-refractivity contribution in [3.63, 3.8) is 0 Å². The third kappa shape index (κ3) is 3.79. The number of hydrogen-bond acceptors (Lipinski definition) is 2. The number of amides is 2. The molecule has 0 spiro atoms. The van der Waals surface area contributed by atoms with Crippen LogP contribution in [0, 0.1) is 0 Å². The van der Waals surface area contributed by atoms with Crippen LogP contribution in [0.2, 0.25) is 0 Å². The number of carbonyl (C=O) groups excluding carboxylic acids is 1. The van der Waals surface area contributed by atoms with Gasteiger partial charge in [-0.05, 0) is 26.0 Å². The first-order valence-electron chi connectivity index (χ1n) is 7.10. The van der Waals surface area contributed by atoms with Crippen LogP contribution >= 0.6 is 12.4 Å². The van der Waals surface area contributed by atoms with Gasteiger partial charge in [0, 0.05) is 45.0 Å². The van der Waals surface area contributed by atoms with E-state index in [9.17, 15) is 4.79 Å². The van der Waals surface area contributed by atoms with E-state index in [2.05, 4.69) is 29.2 Å². The Bertz CT molecular complexity index is 401. The smallest absolute Gasteiger partial charge is 0.320 e. The molecule has 0 N–H and O–H groups in total. The van der Waals surface area contributed by atoms with Crippen molar-refractivity contribution in [2.24, 2.45) is 0 Å². The SMILES string of the molecule is CCN(CC)C(=O)N1CCN(c2ccccc2)CC1.Cl. The molecule has 112 valence electrons. The molecule has 1 saturated heterocycles. The zero-order valence-corrected chi connectivity index (χ0v) is 13.1. The second-order valence-electron chi connectivity index (χ2n) is 4.76. The summed E-state index contributed by atoms with van der Waals surface area (Å²) in [5.41, 5.74) is 1.25. The normalized spacial score (nSPS) is 14.7. The highest BCUT2D eigenvalue weighted by Gasteiger charge is 2.23. The van der Waals surface area contributed by atoms with Gasteiger partial charge in [0.25, 0.3) is 0 Å². The molecule has 2 amide bonds. The summed E-state index contributed by atoms with van der Waals surface area (Å²) in [5.74, 6) is 0. The van der Waals surface area contributed by atoms with Gasteiger partial charge in [0.05, 0.1) is 0 Å². The lowest BCUT2D eigenvalue weighted by molar-refractivity contribution is 0.154. The van der Waals surface area contributed by atoms with E-state index in [4.69, 9.17) is 0 Å². The summed E-state index contributed by atoms with van der Waals surface area (Å²) in [6.45, 7) is 9.08. The first-order valence-corrected chi connectivity index (χ1v) is 7.10. The molecule has 0 radical (unpaired) electrons. The summed E-state index contributed by atoms with van der Waals surface area (Å²) in [7, 11) is 0. The number of nitrogens with zero attached hydrogens (tertiary/aromatic N) is 3. The number of carbonyl (C=O) groups is 1. The Labute approximate surface area is 127 Å². The van der Waals surface area contributed by atoms with Crippen molar-refractivity contribution in [2.75, 3.05) is 44.2 Å². The third-order valence-electron chi connectivity index (χ3n) is 3.71. The standard InChI is InChI=1S/C15H23N3O.ClH/c1-3-16(4-2)15(19)18-12-10-17(11-13-18)14-8-6-5-7-9-14;/h5-9H,3-4,10-13H2,1-2H3;1H. The Morgan fingerprint density at radius 1 is 1.05 bits per heavy atom. The fourth-order valence-electron chi connectivity index (χ4n) is 2.49. The fraction of sp³-hybridized carbons (Fsp3) is 0.533. The minimum atomic E-state index is 0. The molecule has 1 aliphatic rings. The molecule has 2 rings (SSSR count). The topological polar surface area (TPSA) is 26.8 Å². The molecular formula is C15H24ClN3O. The minimum absolute atomic E-state index is 0. The monoisotopic (exact) mass is 297 g/mol. The van der Waals surface area contributed by atoms with Crippen molar-refractivity contribution in [2.45, 2.75) is 13.8 Å². The molecule has 1 aromatic carbocycles. The second-order valence-corrected chi connectivity index (χ2v) is 4.76. The summed E-state index contributed by atoms with van der Waals surface area (Å²) < 4.78 is 0. The van der Waals surface area contributed by atoms with E-state index >= 15 is 0 Å². The van der Waals surface area contributed by atoms with Gasteiger partial charge in [-0.15, -0.1) is 12.4 Å². The first kappa shape index (κ1) is 16.6. The number of piperazine rings is 1. The van der Waals surface area contributed by atoms with Crippen molar-refractivity contribution in [3.8, 4) is 0 Å². The Balaban J connectivity index is 0.00000200. The maximum atomic E-state index is 12.2. The Kier molecular flexibility index (Phi) is 6.65. The van der Waals surface area contributed by atoms with E-state index in [1.165, 1.54) is 5.69 Å². The van der Waals surface area contributed by atoms with E-state index < -0.39 is 0 Å². The number of hydrogen-bond donors (Lipinski definition) is 0. The number of rotatable bonds is 3. The van der Waals surface area contributed by atoms with Crippen molar-refractivity contribution in [3.05, 3.63) is 30.3 Å². The van der Waals surface area contributed by atoms with Crippen LogP contribution in [0.25, 0.3) is 0 Å². The highest BCUT2D eigenvalue weighted by atomic mass is 35.5. The van der Waals surface area contributed by atoms with Crippen LogP contribution in [0.5, 0.6) is 0 Å². The average Bonchev–Trinajstić information content (AvgIpc) is 2.49. The molecule has 1 aliphatic heterocycles. The van der Waals surface area contributed by atoms with Crippen LogP contribution in [0.4, 0.5) is 10.5 Å². The van der Waals surface area contributed by atoms with Gasteiger partial charge in [-0.1, -0.05) is 18.2 Å². The average molecular weight is 298 g/mol. The number of halogens is 1. The van der Waals surface area contributed by atoms with Gasteiger partial charge in [0.2, 0.25) is 0 Å². The van der Waals surface area contributed by atoms with Crippen LogP contribution in [0.3, 0.4) is 0 Å². The van der Waals surface area contributed by atoms with E-state index in [0.717, 1.165) is 39.3 Å². The highest BCUT2D eigenvalue weighted by Crippen LogP contribution is 2.16. The number of anilines is 1. The lowest BCUT2D eigenvalue weighted by atomic mass is 10.2. The predicted octanol–water partition coefficient (Wildman–Crippen LogP) is 2.69. The molecule has 20 heavy (non-hydrogen) atoms. The molecule has 0 bridgehead atoms. The van der Waals surface area contributed by atoms with Gasteiger partial charge < -0.3 is 14.7 Å². The molecular weight excluding hydrogens is 274 g/mol. The van der Waals surface area contributed by atoms with Gasteiger partial charge in [-0.3, -0.25) is 0 Å². The molecule has 5 heteroatoms. The molecule has 0 unspecified atom stereocenters. The minimum Gasteiger partial charge on any atom is -0.368 e. The van der Waals surface area contributed by atoms with E-state index in [0.29, 0.717) is 0 Å². The van der Waals surface area contributed by atoms with Crippen molar-refractivity contribution in [1.29, 1.82) is 0 Å². The van der Waals surface area contributed by atoms with Crippen LogP contribution < -0.4 is 4.90 Å². The van der Waals surface area contributed by atoms with Gasteiger partial charge in [-0.25, -0.2) is 4.79 Å². The molecule has 1 aromatic rings. The maximum absolute atomic E-state index is 12.2. The van der Waals surface area contributed by atoms with Gasteiger partial charge >= 0.3 is 6.03 Å². The molecule has 1 fully saturated rings. The third-order valence-corrected chi connectivity index (χ3v) is 3.71. The number of urea groups is 1. The zero-order chi connectivity index (χ0) is 13.7. The Hall–Kier alpha value is -1.42. The summed E-state index contributed by atoms with van der Waals surface area (Å²) in [6, 6.07) is 10.6. The summed E-state index contributed by atoms with van der Waals surface area (Å²) in [6.07, 6.45) is 0. The first-order chi connectivity index (χ1) is 9.26. The van der Waals surface area contributed by atoms with Gasteiger partial charge in [0.1, 0.15) is 0 Å². The molecule has 1 heterocycles. The molecule has 0 saturated carbocycles. The van der Waals surface area contributed by atoms with Crippen molar-refractivity contribution in [1.82, 2.24) is 9.80 Å². The second kappa shape index (κ2) is 8.00. The molecule has 4 nitrogen and oxygen atoms in total. The molecule has 0 atom stereocenters. The lowest BCUT2D eigenvalue weighted by Crippen LogP contribution is -2.52. The van der Waals surface area contributed by atoms with Crippen LogP contribution in [-0.2, 0) is 0 Å². The maximum Gasteiger partial charge on any atom is 0.320 e. The number of para-hydroxylation sites is 1. The molecule has 0 aliphatic carbocycles. The number of benzene rings is 1. The van der Waals surface area contributed by atoms with Crippen LogP contribution in [-0.4, -0.2) is 55.1 Å². The van der Waals surface area contributed by atoms with Crippen LogP contribution in [0.15, 0.2) is 30.3 Å². The van der Waals surface area contributed by atoms with Crippen LogP contribution in [0.1, 0.15) is 13.8 Å². The predicted molar refractivity (Wildman–Crippen MR) is 85.8 cm³/mol. The zero-order valence-electron chi connectivity index (χ0n) is 12.3. The molecule has 0 aromatic heterocycles. The highest BCUT2D eigenvalue weighted by molar-refractivity contribution is 5.85. The van der Waals surface area contributed by atoms with Crippen molar-refractivity contribution < 1.29 is 4.79 Å². The lowest BCUT2D eigenvalue weighted by Gasteiger charge is -2.38. The summed E-state index contributed by atoms with van der Waals surface area (Å²) in [4.78, 5) is 18.4. The fourth-order valence-corrected chi connectivity index (χ4v) is 2.49. The van der Waals surface area contributed by atoms with Gasteiger partial charge in [0.15, 0.2) is 0 Å². The Morgan fingerprint density at radius 2 is 1.60 bits per heavy atom. The van der Waals surface area contributed by atoms with E-state index in [-0.39, 0.29) is 18.4 Å². The summed E-state index contributed by atoms with van der Waals surface area (Å²) in [5, 5.41) is 0. The Morgan fingerprint density at radius 3 is 2.10 bits per heavy atom. The van der Waals surface area contributed by atoms with E-state index in [1.807, 2.05) is 29.7 Å². The largest absolute Gasteiger partial charge is 0.368 e. The quantitative estimate of drug-likeness (QED) is 0.858. The van der Waals surface area contributed by atoms with E-state index in [1.54, 1.807) is 0 Å².